The molecule has 2 aromatic heterocycles. The predicted octanol–water partition coefficient (Wildman–Crippen LogP) is 3.55. The van der Waals surface area contributed by atoms with Crippen molar-refractivity contribution < 1.29 is 13.9 Å². The minimum Gasteiger partial charge on any atom is -0.472 e. The standard InChI is InChI=1S/C17H16N2O3/c20-10-14-8-15(3-4-16(14)17-9-18-12-22-17)19-6-1-2-13-5-7-21-11-13/h1-5,7-9,11-12,19-20H,6,10H2. The number of furan rings is 1. The summed E-state index contributed by atoms with van der Waals surface area (Å²) in [5.74, 6) is 0.649. The van der Waals surface area contributed by atoms with Gasteiger partial charge in [0.1, 0.15) is 0 Å². The third-order valence-electron chi connectivity index (χ3n) is 3.25. The lowest BCUT2D eigenvalue weighted by atomic mass is 10.1. The van der Waals surface area contributed by atoms with Crippen LogP contribution in [0.4, 0.5) is 5.69 Å². The predicted molar refractivity (Wildman–Crippen MR) is 84.1 cm³/mol. The van der Waals surface area contributed by atoms with Crippen LogP contribution in [0.1, 0.15) is 11.1 Å². The Kier molecular flexibility index (Phi) is 4.36. The molecule has 2 heterocycles. The molecule has 0 spiro atoms. The van der Waals surface area contributed by atoms with Gasteiger partial charge in [-0.1, -0.05) is 12.2 Å². The first-order chi connectivity index (χ1) is 10.9. The Morgan fingerprint density at radius 1 is 1.27 bits per heavy atom. The summed E-state index contributed by atoms with van der Waals surface area (Å²) in [5.41, 5.74) is 3.60. The van der Waals surface area contributed by atoms with E-state index in [2.05, 4.69) is 10.3 Å². The van der Waals surface area contributed by atoms with Gasteiger partial charge in [0.05, 0.1) is 25.3 Å². The number of nitrogens with one attached hydrogen (secondary N) is 1. The molecule has 0 aliphatic rings. The van der Waals surface area contributed by atoms with Crippen LogP contribution in [0.15, 0.2) is 64.3 Å². The van der Waals surface area contributed by atoms with Crippen LogP contribution in [0.5, 0.6) is 0 Å². The lowest BCUT2D eigenvalue weighted by Gasteiger charge is -2.09. The number of benzene rings is 1. The van der Waals surface area contributed by atoms with E-state index in [9.17, 15) is 5.11 Å². The van der Waals surface area contributed by atoms with Gasteiger partial charge in [-0.15, -0.1) is 0 Å². The van der Waals surface area contributed by atoms with E-state index < -0.39 is 0 Å². The third kappa shape index (κ3) is 3.27. The van der Waals surface area contributed by atoms with Crippen LogP contribution in [0.3, 0.4) is 0 Å². The second-order valence-corrected chi connectivity index (χ2v) is 4.74. The molecule has 0 aliphatic carbocycles. The van der Waals surface area contributed by atoms with E-state index in [1.54, 1.807) is 18.7 Å². The number of hydrogen-bond donors (Lipinski definition) is 2. The first-order valence-electron chi connectivity index (χ1n) is 6.92. The Labute approximate surface area is 127 Å². The summed E-state index contributed by atoms with van der Waals surface area (Å²) in [7, 11) is 0. The van der Waals surface area contributed by atoms with Gasteiger partial charge in [0.25, 0.3) is 0 Å². The van der Waals surface area contributed by atoms with Crippen LogP contribution >= 0.6 is 0 Å². The summed E-state index contributed by atoms with van der Waals surface area (Å²) in [6, 6.07) is 7.66. The summed E-state index contributed by atoms with van der Waals surface area (Å²) in [4.78, 5) is 3.90. The molecule has 0 radical (unpaired) electrons. The SMILES string of the molecule is OCc1cc(NCC=Cc2ccoc2)ccc1-c1cnco1. The summed E-state index contributed by atoms with van der Waals surface area (Å²) in [6.45, 7) is 0.619. The van der Waals surface area contributed by atoms with E-state index in [1.165, 1.54) is 6.39 Å². The Balaban J connectivity index is 1.67. The zero-order valence-electron chi connectivity index (χ0n) is 11.9. The van der Waals surface area contributed by atoms with Gasteiger partial charge < -0.3 is 19.3 Å². The molecule has 0 bridgehead atoms. The number of nitrogens with zero attached hydrogens (tertiary/aromatic N) is 1. The highest BCUT2D eigenvalue weighted by molar-refractivity contribution is 5.65. The smallest absolute Gasteiger partial charge is 0.181 e. The van der Waals surface area contributed by atoms with E-state index in [4.69, 9.17) is 8.83 Å². The van der Waals surface area contributed by atoms with Crippen LogP contribution in [-0.4, -0.2) is 16.6 Å². The van der Waals surface area contributed by atoms with Crippen molar-refractivity contribution in [1.29, 1.82) is 0 Å². The summed E-state index contributed by atoms with van der Waals surface area (Å²) >= 11 is 0. The minimum atomic E-state index is -0.0591. The first-order valence-corrected chi connectivity index (χ1v) is 6.92. The molecule has 0 amide bonds. The molecule has 5 nitrogen and oxygen atoms in total. The topological polar surface area (TPSA) is 71.4 Å². The van der Waals surface area contributed by atoms with E-state index >= 15 is 0 Å². The molecule has 2 N–H and O–H groups in total. The summed E-state index contributed by atoms with van der Waals surface area (Å²) < 4.78 is 10.3. The zero-order valence-corrected chi connectivity index (χ0v) is 11.9. The normalized spacial score (nSPS) is 11.1. The minimum absolute atomic E-state index is 0.0591. The lowest BCUT2D eigenvalue weighted by Crippen LogP contribution is -1.99. The molecule has 0 saturated heterocycles. The first kappa shape index (κ1) is 14.2. The highest BCUT2D eigenvalue weighted by Crippen LogP contribution is 2.26. The van der Waals surface area contributed by atoms with Crippen LogP contribution in [0.25, 0.3) is 17.4 Å². The Morgan fingerprint density at radius 2 is 2.23 bits per heavy atom. The van der Waals surface area contributed by atoms with E-state index in [1.807, 2.05) is 36.4 Å². The van der Waals surface area contributed by atoms with Crippen LogP contribution in [-0.2, 0) is 6.61 Å². The van der Waals surface area contributed by atoms with Crippen LogP contribution in [0, 0.1) is 0 Å². The summed E-state index contributed by atoms with van der Waals surface area (Å²) in [5, 5.41) is 12.8. The molecule has 112 valence electrons. The number of anilines is 1. The molecule has 0 saturated carbocycles. The van der Waals surface area contributed by atoms with E-state index in [0.29, 0.717) is 12.3 Å². The van der Waals surface area contributed by atoms with Crippen LogP contribution in [0.2, 0.25) is 0 Å². The van der Waals surface area contributed by atoms with E-state index in [0.717, 1.165) is 22.4 Å². The lowest BCUT2D eigenvalue weighted by molar-refractivity contribution is 0.282. The number of hydrogen-bond acceptors (Lipinski definition) is 5. The fraction of sp³-hybridized carbons (Fsp3) is 0.118. The third-order valence-corrected chi connectivity index (χ3v) is 3.25. The van der Waals surface area contributed by atoms with Crippen molar-refractivity contribution in [2.45, 2.75) is 6.61 Å². The Bertz CT molecular complexity index is 731. The molecule has 0 unspecified atom stereocenters. The van der Waals surface area contributed by atoms with Crippen molar-refractivity contribution in [3.8, 4) is 11.3 Å². The van der Waals surface area contributed by atoms with Crippen LogP contribution < -0.4 is 5.32 Å². The second kappa shape index (κ2) is 6.78. The molecule has 0 aliphatic heterocycles. The van der Waals surface area contributed by atoms with Crippen molar-refractivity contribution in [2.75, 3.05) is 11.9 Å². The molecule has 22 heavy (non-hydrogen) atoms. The van der Waals surface area contributed by atoms with Gasteiger partial charge in [0.2, 0.25) is 0 Å². The monoisotopic (exact) mass is 296 g/mol. The van der Waals surface area contributed by atoms with Gasteiger partial charge in [-0.2, -0.15) is 0 Å². The van der Waals surface area contributed by atoms with Crippen molar-refractivity contribution in [2.24, 2.45) is 0 Å². The number of oxazole rings is 1. The Hall–Kier alpha value is -2.79. The largest absolute Gasteiger partial charge is 0.472 e. The molecular formula is C17H16N2O3. The van der Waals surface area contributed by atoms with E-state index in [-0.39, 0.29) is 6.61 Å². The molecule has 3 aromatic rings. The summed E-state index contributed by atoms with van der Waals surface area (Å²) in [6.07, 6.45) is 10.3. The van der Waals surface area contributed by atoms with Crippen molar-refractivity contribution >= 4 is 11.8 Å². The molecule has 3 rings (SSSR count). The van der Waals surface area contributed by atoms with Gasteiger partial charge >= 0.3 is 0 Å². The van der Waals surface area contributed by atoms with Crippen molar-refractivity contribution in [1.82, 2.24) is 4.98 Å². The fourth-order valence-electron chi connectivity index (χ4n) is 2.17. The fourth-order valence-corrected chi connectivity index (χ4v) is 2.17. The maximum absolute atomic E-state index is 9.52. The number of rotatable bonds is 6. The maximum Gasteiger partial charge on any atom is 0.181 e. The molecule has 0 fully saturated rings. The maximum atomic E-state index is 9.52. The van der Waals surface area contributed by atoms with Gasteiger partial charge in [-0.25, -0.2) is 4.98 Å². The zero-order chi connectivity index (χ0) is 15.2. The Morgan fingerprint density at radius 3 is 2.95 bits per heavy atom. The van der Waals surface area contributed by atoms with Crippen molar-refractivity contribution in [3.63, 3.8) is 0 Å². The average molecular weight is 296 g/mol. The quantitative estimate of drug-likeness (QED) is 0.728. The van der Waals surface area contributed by atoms with Gasteiger partial charge in [0, 0.05) is 23.4 Å². The highest BCUT2D eigenvalue weighted by Gasteiger charge is 2.08. The molecule has 1 aromatic carbocycles. The van der Waals surface area contributed by atoms with Gasteiger partial charge in [-0.05, 0) is 29.8 Å². The number of aliphatic hydroxyl groups excluding tert-OH is 1. The average Bonchev–Trinajstić information content (AvgIpc) is 3.24. The van der Waals surface area contributed by atoms with Gasteiger partial charge in [-0.3, -0.25) is 0 Å². The molecule has 0 atom stereocenters. The van der Waals surface area contributed by atoms with Gasteiger partial charge in [0.15, 0.2) is 12.2 Å². The van der Waals surface area contributed by atoms with Crippen molar-refractivity contribution in [3.05, 3.63) is 66.6 Å². The molecular weight excluding hydrogens is 280 g/mol. The highest BCUT2D eigenvalue weighted by atomic mass is 16.3. The molecule has 5 heteroatoms. The second-order valence-electron chi connectivity index (χ2n) is 4.74. The number of aromatic nitrogens is 1. The number of aliphatic hydroxyl groups is 1.